The third-order valence-electron chi connectivity index (χ3n) is 7.01. The van der Waals surface area contributed by atoms with Crippen LogP contribution in [0, 0.1) is 0 Å². The highest BCUT2D eigenvalue weighted by atomic mass is 32.2. The Hall–Kier alpha value is -2.15. The first-order valence-electron chi connectivity index (χ1n) is 14.7. The predicted molar refractivity (Wildman–Crippen MR) is 157 cm³/mol. The molecule has 2 aromatic rings. The molecule has 0 radical (unpaired) electrons. The molecule has 0 aliphatic heterocycles. The molecule has 2 aromatic carbocycles. The summed E-state index contributed by atoms with van der Waals surface area (Å²) in [6, 6.07) is 16.9. The van der Waals surface area contributed by atoms with Crippen molar-refractivity contribution in [1.29, 1.82) is 0 Å². The number of carbonyl (C=O) groups is 1. The van der Waals surface area contributed by atoms with Gasteiger partial charge in [-0.3, -0.25) is 9.00 Å². The van der Waals surface area contributed by atoms with Gasteiger partial charge in [-0.2, -0.15) is 13.2 Å². The van der Waals surface area contributed by atoms with Crippen molar-refractivity contribution in [3.63, 3.8) is 0 Å². The molecule has 7 heteroatoms. The second kappa shape index (κ2) is 19.0. The lowest BCUT2D eigenvalue weighted by Crippen LogP contribution is -2.19. The van der Waals surface area contributed by atoms with E-state index in [-0.39, 0.29) is 18.0 Å². The van der Waals surface area contributed by atoms with Gasteiger partial charge in [-0.05, 0) is 55.7 Å². The van der Waals surface area contributed by atoms with Crippen LogP contribution in [0.15, 0.2) is 59.5 Å². The van der Waals surface area contributed by atoms with Gasteiger partial charge in [0.2, 0.25) is 0 Å². The van der Waals surface area contributed by atoms with Crippen molar-refractivity contribution in [1.82, 2.24) is 0 Å². The van der Waals surface area contributed by atoms with Crippen molar-refractivity contribution in [2.24, 2.45) is 0 Å². The van der Waals surface area contributed by atoms with Gasteiger partial charge >= 0.3 is 6.18 Å². The second-order valence-corrected chi connectivity index (χ2v) is 11.9. The SMILES string of the molecule is CCCCCCC(CCCCCCCCCCC(F)(F)F)Nc1ccc(C(=O)CS(=O)c2ccccc2)cc1. The highest BCUT2D eigenvalue weighted by Gasteiger charge is 2.25. The Morgan fingerprint density at radius 3 is 1.87 bits per heavy atom. The Labute approximate surface area is 235 Å². The molecule has 0 aliphatic carbocycles. The minimum Gasteiger partial charge on any atom is -0.382 e. The number of alkyl halides is 3. The van der Waals surface area contributed by atoms with Gasteiger partial charge in [0.15, 0.2) is 5.78 Å². The maximum atomic E-state index is 12.6. The highest BCUT2D eigenvalue weighted by Crippen LogP contribution is 2.23. The van der Waals surface area contributed by atoms with E-state index in [2.05, 4.69) is 12.2 Å². The van der Waals surface area contributed by atoms with Crippen LogP contribution >= 0.6 is 0 Å². The molecule has 0 saturated carbocycles. The Kier molecular flexibility index (Phi) is 16.1. The topological polar surface area (TPSA) is 46.2 Å². The van der Waals surface area contributed by atoms with Crippen LogP contribution in [-0.2, 0) is 10.8 Å². The minimum absolute atomic E-state index is 0.0234. The van der Waals surface area contributed by atoms with Crippen LogP contribution in [0.1, 0.15) is 114 Å². The first-order chi connectivity index (χ1) is 18.8. The lowest BCUT2D eigenvalue weighted by atomic mass is 9.99. The molecule has 0 bridgehead atoms. The third-order valence-corrected chi connectivity index (χ3v) is 8.34. The third kappa shape index (κ3) is 15.3. The molecule has 39 heavy (non-hydrogen) atoms. The largest absolute Gasteiger partial charge is 0.389 e. The Balaban J connectivity index is 1.74. The molecule has 1 N–H and O–H groups in total. The van der Waals surface area contributed by atoms with Gasteiger partial charge in [0.05, 0.1) is 16.6 Å². The normalized spacial score (nSPS) is 13.2. The molecule has 0 amide bonds. The maximum absolute atomic E-state index is 12.6. The van der Waals surface area contributed by atoms with E-state index in [0.29, 0.717) is 22.9 Å². The number of anilines is 1. The van der Waals surface area contributed by atoms with Gasteiger partial charge in [0.25, 0.3) is 0 Å². The smallest absolute Gasteiger partial charge is 0.382 e. The Morgan fingerprint density at radius 1 is 0.769 bits per heavy atom. The van der Waals surface area contributed by atoms with Crippen molar-refractivity contribution >= 4 is 22.3 Å². The zero-order valence-corrected chi connectivity index (χ0v) is 24.3. The first-order valence-corrected chi connectivity index (χ1v) is 16.0. The van der Waals surface area contributed by atoms with Crippen LogP contribution in [0.5, 0.6) is 0 Å². The van der Waals surface area contributed by atoms with E-state index >= 15 is 0 Å². The van der Waals surface area contributed by atoms with Crippen molar-refractivity contribution in [3.05, 3.63) is 60.2 Å². The molecule has 2 atom stereocenters. The fourth-order valence-corrected chi connectivity index (χ4v) is 5.76. The summed E-state index contributed by atoms with van der Waals surface area (Å²) in [4.78, 5) is 13.3. The van der Waals surface area contributed by atoms with Crippen LogP contribution in [0.3, 0.4) is 0 Å². The predicted octanol–water partition coefficient (Wildman–Crippen LogP) is 9.89. The summed E-state index contributed by atoms with van der Waals surface area (Å²) in [7, 11) is -1.35. The average Bonchev–Trinajstić information content (AvgIpc) is 2.92. The summed E-state index contributed by atoms with van der Waals surface area (Å²) in [6.45, 7) is 2.21. The highest BCUT2D eigenvalue weighted by molar-refractivity contribution is 7.85. The molecule has 0 saturated heterocycles. The number of Topliss-reactive ketones (excluding diaryl/α,β-unsaturated/α-hetero) is 1. The van der Waals surface area contributed by atoms with Crippen LogP contribution in [-0.4, -0.2) is 28.0 Å². The summed E-state index contributed by atoms with van der Waals surface area (Å²) in [5.74, 6) is -0.148. The van der Waals surface area contributed by atoms with Gasteiger partial charge in [-0.1, -0.05) is 95.8 Å². The number of nitrogens with one attached hydrogen (secondary N) is 1. The van der Waals surface area contributed by atoms with Crippen molar-refractivity contribution in [2.45, 2.75) is 120 Å². The maximum Gasteiger partial charge on any atom is 0.389 e. The molecule has 0 spiro atoms. The second-order valence-electron chi connectivity index (χ2n) is 10.5. The zero-order valence-electron chi connectivity index (χ0n) is 23.4. The number of hydrogen-bond donors (Lipinski definition) is 1. The fourth-order valence-electron chi connectivity index (χ4n) is 4.73. The molecule has 3 nitrogen and oxygen atoms in total. The molecular formula is C32H46F3NO2S. The number of hydrogen-bond acceptors (Lipinski definition) is 3. The molecule has 218 valence electrons. The number of benzene rings is 2. The zero-order chi connectivity index (χ0) is 28.3. The average molecular weight is 566 g/mol. The molecular weight excluding hydrogens is 519 g/mol. The summed E-state index contributed by atoms with van der Waals surface area (Å²) >= 11 is 0. The van der Waals surface area contributed by atoms with E-state index in [4.69, 9.17) is 0 Å². The van der Waals surface area contributed by atoms with Crippen LogP contribution in [0.25, 0.3) is 0 Å². The Morgan fingerprint density at radius 2 is 1.31 bits per heavy atom. The van der Waals surface area contributed by atoms with Gasteiger partial charge in [-0.15, -0.1) is 0 Å². The number of carbonyl (C=O) groups excluding carboxylic acids is 1. The van der Waals surface area contributed by atoms with E-state index in [1.54, 1.807) is 12.1 Å². The van der Waals surface area contributed by atoms with Crippen molar-refractivity contribution in [2.75, 3.05) is 11.1 Å². The van der Waals surface area contributed by atoms with Gasteiger partial charge < -0.3 is 5.32 Å². The van der Waals surface area contributed by atoms with E-state index < -0.39 is 23.4 Å². The Bertz CT molecular complexity index is 948. The fraction of sp³-hybridized carbons (Fsp3) is 0.594. The van der Waals surface area contributed by atoms with E-state index in [1.807, 2.05) is 42.5 Å². The lowest BCUT2D eigenvalue weighted by Gasteiger charge is -2.20. The van der Waals surface area contributed by atoms with E-state index in [9.17, 15) is 22.2 Å². The summed E-state index contributed by atoms with van der Waals surface area (Å²) in [5.41, 5.74) is 1.57. The summed E-state index contributed by atoms with van der Waals surface area (Å²) < 4.78 is 49.1. The monoisotopic (exact) mass is 565 g/mol. The molecule has 2 unspecified atom stereocenters. The van der Waals surface area contributed by atoms with Gasteiger partial charge in [-0.25, -0.2) is 0 Å². The first kappa shape index (κ1) is 33.1. The van der Waals surface area contributed by atoms with Gasteiger partial charge in [0, 0.05) is 28.6 Å². The quantitative estimate of drug-likeness (QED) is 0.121. The summed E-state index contributed by atoms with van der Waals surface area (Å²) in [5, 5.41) is 3.66. The number of unbranched alkanes of at least 4 members (excludes halogenated alkanes) is 10. The van der Waals surface area contributed by atoms with Crippen molar-refractivity contribution < 1.29 is 22.2 Å². The molecule has 0 fully saturated rings. The number of halogens is 3. The molecule has 0 aromatic heterocycles. The lowest BCUT2D eigenvalue weighted by molar-refractivity contribution is -0.135. The summed E-state index contributed by atoms with van der Waals surface area (Å²) in [6.07, 6.45) is 9.67. The van der Waals surface area contributed by atoms with Gasteiger partial charge in [0.1, 0.15) is 0 Å². The molecule has 0 aliphatic rings. The standard InChI is InChI=1S/C32H46F3NO2S/c1-2-3-4-12-17-28(18-13-9-7-5-6-8-10-16-25-32(33,34)35)36-29-23-21-27(22-24-29)31(37)26-39(38)30-19-14-11-15-20-30/h11,14-15,19-24,28,36H,2-10,12-13,16-18,25-26H2,1H3. The van der Waals surface area contributed by atoms with Crippen LogP contribution in [0.2, 0.25) is 0 Å². The van der Waals surface area contributed by atoms with Crippen LogP contribution < -0.4 is 5.32 Å². The molecule has 2 rings (SSSR count). The van der Waals surface area contributed by atoms with E-state index in [1.165, 1.54) is 25.7 Å². The minimum atomic E-state index is -4.02. The van der Waals surface area contributed by atoms with Crippen LogP contribution in [0.4, 0.5) is 18.9 Å². The van der Waals surface area contributed by atoms with E-state index in [0.717, 1.165) is 57.1 Å². The number of ketones is 1. The molecule has 0 heterocycles. The number of rotatable bonds is 21. The van der Waals surface area contributed by atoms with Crippen molar-refractivity contribution in [3.8, 4) is 0 Å².